The number of hydrogen-bond donors (Lipinski definition) is 3. The van der Waals surface area contributed by atoms with Gasteiger partial charge >= 0.3 is 7.82 Å². The molecule has 0 aromatic carbocycles. The van der Waals surface area contributed by atoms with E-state index in [2.05, 4.69) is 129 Å². The first kappa shape index (κ1) is 65.2. The Bertz CT molecular complexity index is 1470. The van der Waals surface area contributed by atoms with Crippen molar-refractivity contribution in [2.24, 2.45) is 0 Å². The van der Waals surface area contributed by atoms with Crippen LogP contribution in [0.15, 0.2) is 109 Å². The van der Waals surface area contributed by atoms with Crippen molar-refractivity contribution in [3.05, 3.63) is 109 Å². The number of rotatable bonds is 48. The minimum Gasteiger partial charge on any atom is -0.391 e. The van der Waals surface area contributed by atoms with Gasteiger partial charge in [-0.25, -0.2) is 4.57 Å². The summed E-state index contributed by atoms with van der Waals surface area (Å²) in [6.45, 7) is 4.74. The molecule has 390 valence electrons. The van der Waals surface area contributed by atoms with Crippen LogP contribution < -0.4 is 5.32 Å². The number of hydrogen-bond acceptors (Lipinski definition) is 5. The molecule has 3 atom stereocenters. The quantitative estimate of drug-likeness (QED) is 0.0243. The third-order valence-electron chi connectivity index (χ3n) is 11.5. The average Bonchev–Trinajstić information content (AvgIpc) is 3.30. The highest BCUT2D eigenvalue weighted by Crippen LogP contribution is 2.43. The highest BCUT2D eigenvalue weighted by atomic mass is 31.2. The lowest BCUT2D eigenvalue weighted by Gasteiger charge is -2.26. The molecule has 1 amide bonds. The van der Waals surface area contributed by atoms with E-state index in [0.717, 1.165) is 109 Å². The van der Waals surface area contributed by atoms with Crippen molar-refractivity contribution in [1.82, 2.24) is 5.32 Å². The van der Waals surface area contributed by atoms with Crippen LogP contribution in [0.2, 0.25) is 0 Å². The minimum absolute atomic E-state index is 0.0667. The van der Waals surface area contributed by atoms with E-state index >= 15 is 0 Å². The molecular weight excluding hydrogens is 864 g/mol. The second-order valence-electron chi connectivity index (χ2n) is 19.2. The number of carbonyl (C=O) groups excluding carboxylic acids is 1. The maximum absolute atomic E-state index is 12.9. The molecule has 8 nitrogen and oxygen atoms in total. The van der Waals surface area contributed by atoms with Gasteiger partial charge in [-0.15, -0.1) is 0 Å². The highest BCUT2D eigenvalue weighted by molar-refractivity contribution is 7.47. The summed E-state index contributed by atoms with van der Waals surface area (Å²) in [5.74, 6) is -0.162. The summed E-state index contributed by atoms with van der Waals surface area (Å²) in [6.07, 6.45) is 71.4. The fourth-order valence-corrected chi connectivity index (χ4v) is 8.01. The van der Waals surface area contributed by atoms with Gasteiger partial charge in [0.1, 0.15) is 13.2 Å². The van der Waals surface area contributed by atoms with E-state index in [9.17, 15) is 19.4 Å². The van der Waals surface area contributed by atoms with E-state index in [1.54, 1.807) is 0 Å². The monoisotopic (exact) mass is 968 g/mol. The summed E-state index contributed by atoms with van der Waals surface area (Å²) in [7, 11) is 1.59. The van der Waals surface area contributed by atoms with Gasteiger partial charge in [0.25, 0.3) is 0 Å². The van der Waals surface area contributed by atoms with Gasteiger partial charge in [0.05, 0.1) is 39.9 Å². The van der Waals surface area contributed by atoms with Gasteiger partial charge in [-0.3, -0.25) is 13.8 Å². The summed E-state index contributed by atoms with van der Waals surface area (Å²) in [4.78, 5) is 23.2. The minimum atomic E-state index is -4.33. The van der Waals surface area contributed by atoms with E-state index in [-0.39, 0.29) is 19.1 Å². The van der Waals surface area contributed by atoms with Crippen LogP contribution in [0.3, 0.4) is 0 Å². The number of aliphatic hydroxyl groups excluding tert-OH is 1. The van der Waals surface area contributed by atoms with Crippen molar-refractivity contribution in [3.63, 3.8) is 0 Å². The van der Waals surface area contributed by atoms with Gasteiger partial charge < -0.3 is 19.8 Å². The van der Waals surface area contributed by atoms with Crippen molar-refractivity contribution in [2.75, 3.05) is 40.9 Å². The molecule has 0 fully saturated rings. The van der Waals surface area contributed by atoms with Crippen LogP contribution in [-0.2, 0) is 18.4 Å². The molecule has 0 rings (SSSR count). The summed E-state index contributed by atoms with van der Waals surface area (Å²) in [5.41, 5.74) is 0. The fourth-order valence-electron chi connectivity index (χ4n) is 7.27. The zero-order valence-electron chi connectivity index (χ0n) is 44.3. The first-order valence-electron chi connectivity index (χ1n) is 27.3. The number of allylic oxidation sites excluding steroid dienone is 18. The molecule has 9 heteroatoms. The summed E-state index contributed by atoms with van der Waals surface area (Å²) >= 11 is 0. The van der Waals surface area contributed by atoms with E-state index < -0.39 is 20.0 Å². The van der Waals surface area contributed by atoms with Crippen LogP contribution in [0.1, 0.15) is 206 Å². The number of aliphatic hydroxyl groups is 1. The molecule has 68 heavy (non-hydrogen) atoms. The molecule has 0 aliphatic carbocycles. The second-order valence-corrected chi connectivity index (χ2v) is 20.7. The lowest BCUT2D eigenvalue weighted by atomic mass is 10.0. The molecule has 3 N–H and O–H groups in total. The largest absolute Gasteiger partial charge is 0.472 e. The Kier molecular flexibility index (Phi) is 47.1. The van der Waals surface area contributed by atoms with Crippen LogP contribution in [-0.4, -0.2) is 73.4 Å². The molecule has 0 aliphatic heterocycles. The number of unbranched alkanes of at least 4 members (excludes halogenated alkanes) is 17. The predicted octanol–water partition coefficient (Wildman–Crippen LogP) is 16.4. The van der Waals surface area contributed by atoms with Crippen molar-refractivity contribution in [3.8, 4) is 0 Å². The third-order valence-corrected chi connectivity index (χ3v) is 12.5. The van der Waals surface area contributed by atoms with Gasteiger partial charge in [-0.2, -0.15) is 0 Å². The Labute approximate surface area is 419 Å². The molecule has 0 aliphatic rings. The van der Waals surface area contributed by atoms with Gasteiger partial charge in [0.15, 0.2) is 0 Å². The van der Waals surface area contributed by atoms with E-state index in [1.807, 2.05) is 21.1 Å². The maximum Gasteiger partial charge on any atom is 0.472 e. The maximum atomic E-state index is 12.9. The Hall–Kier alpha value is -2.84. The Morgan fingerprint density at radius 2 is 0.882 bits per heavy atom. The van der Waals surface area contributed by atoms with Crippen molar-refractivity contribution in [2.45, 2.75) is 219 Å². The first-order valence-corrected chi connectivity index (χ1v) is 28.7. The van der Waals surface area contributed by atoms with E-state index in [0.29, 0.717) is 23.9 Å². The van der Waals surface area contributed by atoms with Gasteiger partial charge in [0, 0.05) is 6.42 Å². The molecular formula is C59H104N2O6P+. The second kappa shape index (κ2) is 49.2. The van der Waals surface area contributed by atoms with Crippen LogP contribution >= 0.6 is 7.82 Å². The topological polar surface area (TPSA) is 105 Å². The molecule has 3 unspecified atom stereocenters. The SMILES string of the molecule is CC/C=C\C/C=C\C/C=C\C/C=C\C/C=C\C/C=C\C/C=C\C/C=C\C/C=C\CCCCCCCCCC(=O)NC(COP(=O)(O)OCC[N+](C)(C)C)C(O)CCCCCCCCCCCCC. The summed E-state index contributed by atoms with van der Waals surface area (Å²) in [6, 6.07) is -0.773. The third kappa shape index (κ3) is 51.0. The number of quaternary nitrogens is 1. The molecule has 0 radical (unpaired) electrons. The number of nitrogens with one attached hydrogen (secondary N) is 1. The number of nitrogens with zero attached hydrogens (tertiary/aromatic N) is 1. The Morgan fingerprint density at radius 1 is 0.515 bits per heavy atom. The molecule has 0 aromatic rings. The number of phosphoric acid groups is 1. The highest BCUT2D eigenvalue weighted by Gasteiger charge is 2.28. The number of amides is 1. The molecule has 0 saturated carbocycles. The Morgan fingerprint density at radius 3 is 1.29 bits per heavy atom. The number of likely N-dealkylation sites (N-methyl/N-ethyl adjacent to an activating group) is 1. The van der Waals surface area contributed by atoms with E-state index in [4.69, 9.17) is 9.05 Å². The lowest BCUT2D eigenvalue weighted by molar-refractivity contribution is -0.870. The van der Waals surface area contributed by atoms with Crippen molar-refractivity contribution >= 4 is 13.7 Å². The molecule has 0 bridgehead atoms. The number of carbonyl (C=O) groups is 1. The predicted molar refractivity (Wildman–Crippen MR) is 295 cm³/mol. The smallest absolute Gasteiger partial charge is 0.391 e. The van der Waals surface area contributed by atoms with Crippen LogP contribution in [0, 0.1) is 0 Å². The summed E-state index contributed by atoms with van der Waals surface area (Å²) < 4.78 is 23.7. The average molecular weight is 968 g/mol. The van der Waals surface area contributed by atoms with Gasteiger partial charge in [-0.1, -0.05) is 226 Å². The molecule has 0 spiro atoms. The molecule has 0 saturated heterocycles. The lowest BCUT2D eigenvalue weighted by Crippen LogP contribution is -2.46. The van der Waals surface area contributed by atoms with Crippen LogP contribution in [0.25, 0.3) is 0 Å². The normalized spacial score (nSPS) is 14.9. The Balaban J connectivity index is 4.14. The van der Waals surface area contributed by atoms with Gasteiger partial charge in [0.2, 0.25) is 5.91 Å². The zero-order valence-corrected chi connectivity index (χ0v) is 45.2. The summed E-state index contributed by atoms with van der Waals surface area (Å²) in [5, 5.41) is 14.0. The zero-order chi connectivity index (χ0) is 49.9. The van der Waals surface area contributed by atoms with E-state index in [1.165, 1.54) is 70.6 Å². The standard InChI is InChI=1S/C59H103N2O6P/c1-6-8-10-12-14-16-18-19-20-21-22-23-24-25-26-27-28-29-30-31-32-33-34-35-36-37-38-39-40-41-43-45-47-49-51-53-59(63)60-57(56-67-68(64,65)66-55-54-61(3,4)5)58(62)52-50-48-46-44-42-17-15-13-11-9-7-2/h8,10,14,16,19-20,22-23,25-26,28-29,31-32,34-35,37-38,57-58,62H,6-7,9,11-13,15,17-18,21,24,27,30,33,36,39-56H2,1-5H3,(H-,60,63,64,65)/p+1/b10-8-,16-14-,20-19-,23-22-,26-25-,29-28-,32-31-,35-34-,38-37-. The first-order chi connectivity index (χ1) is 33.0. The molecule has 0 aromatic heterocycles. The van der Waals surface area contributed by atoms with Crippen LogP contribution in [0.4, 0.5) is 0 Å². The van der Waals surface area contributed by atoms with Gasteiger partial charge in [-0.05, 0) is 83.5 Å². The fraction of sp³-hybridized carbons (Fsp3) is 0.678. The number of phosphoric ester groups is 1. The van der Waals surface area contributed by atoms with Crippen molar-refractivity contribution in [1.29, 1.82) is 0 Å². The van der Waals surface area contributed by atoms with Crippen LogP contribution in [0.5, 0.6) is 0 Å². The van der Waals surface area contributed by atoms with Crippen molar-refractivity contribution < 1.29 is 32.9 Å². The molecule has 0 heterocycles.